The molecule has 1 N–H and O–H groups in total. The van der Waals surface area contributed by atoms with Crippen molar-refractivity contribution in [3.63, 3.8) is 0 Å². The molecule has 0 aromatic heterocycles. The second-order valence-corrected chi connectivity index (χ2v) is 7.18. The summed E-state index contributed by atoms with van der Waals surface area (Å²) >= 11 is 0. The summed E-state index contributed by atoms with van der Waals surface area (Å²) in [5.41, 5.74) is 1.54. The van der Waals surface area contributed by atoms with Crippen molar-refractivity contribution in [3.05, 3.63) is 78.1 Å². The number of carbonyl (C=O) groups excluding carboxylic acids is 1. The molecule has 1 aliphatic heterocycles. The first-order valence-corrected chi connectivity index (χ1v) is 9.45. The van der Waals surface area contributed by atoms with Crippen LogP contribution in [0.25, 0.3) is 10.8 Å². The molecule has 27 heavy (non-hydrogen) atoms. The van der Waals surface area contributed by atoms with E-state index in [1.807, 2.05) is 0 Å². The summed E-state index contributed by atoms with van der Waals surface area (Å²) in [6, 6.07) is 21.1. The molecule has 3 aromatic rings. The molecule has 1 saturated heterocycles. The van der Waals surface area contributed by atoms with E-state index in [9.17, 15) is 9.18 Å². The van der Waals surface area contributed by atoms with E-state index in [4.69, 9.17) is 0 Å². The first-order valence-electron chi connectivity index (χ1n) is 9.45. The number of para-hydroxylation sites is 1. The van der Waals surface area contributed by atoms with Gasteiger partial charge in [-0.1, -0.05) is 54.6 Å². The average molecular weight is 362 g/mol. The lowest BCUT2D eigenvalue weighted by molar-refractivity contribution is -0.121. The molecule has 3 aromatic carbocycles. The number of piperidine rings is 1. The normalized spacial score (nSPS) is 17.7. The van der Waals surface area contributed by atoms with Crippen molar-refractivity contribution in [2.45, 2.75) is 19.4 Å². The van der Waals surface area contributed by atoms with Crippen molar-refractivity contribution in [2.24, 2.45) is 5.92 Å². The first kappa shape index (κ1) is 17.7. The molecule has 4 heteroatoms. The van der Waals surface area contributed by atoms with E-state index < -0.39 is 5.82 Å². The number of hydrogen-bond donors (Lipinski definition) is 1. The van der Waals surface area contributed by atoms with Crippen LogP contribution in [0, 0.1) is 11.7 Å². The maximum absolute atomic E-state index is 13.8. The van der Waals surface area contributed by atoms with Crippen molar-refractivity contribution in [1.82, 2.24) is 4.90 Å². The Hall–Kier alpha value is -2.72. The monoisotopic (exact) mass is 362 g/mol. The van der Waals surface area contributed by atoms with E-state index in [0.29, 0.717) is 6.54 Å². The maximum atomic E-state index is 13.8. The SMILES string of the molecule is O=C(Nc1ccccc1F)C1CCCN(Cc2cccc3ccccc23)C1. The number of amides is 1. The van der Waals surface area contributed by atoms with Gasteiger partial charge in [0, 0.05) is 13.1 Å². The van der Waals surface area contributed by atoms with Gasteiger partial charge in [-0.05, 0) is 47.9 Å². The molecule has 1 fully saturated rings. The number of halogens is 1. The van der Waals surface area contributed by atoms with Crippen LogP contribution >= 0.6 is 0 Å². The Balaban J connectivity index is 1.45. The van der Waals surface area contributed by atoms with Crippen molar-refractivity contribution >= 4 is 22.4 Å². The van der Waals surface area contributed by atoms with E-state index in [1.165, 1.54) is 22.4 Å². The zero-order valence-electron chi connectivity index (χ0n) is 15.2. The van der Waals surface area contributed by atoms with Crippen molar-refractivity contribution in [1.29, 1.82) is 0 Å². The third-order valence-corrected chi connectivity index (χ3v) is 5.28. The highest BCUT2D eigenvalue weighted by atomic mass is 19.1. The molecule has 0 saturated carbocycles. The number of fused-ring (bicyclic) bond motifs is 1. The van der Waals surface area contributed by atoms with Crippen LogP contribution in [0.4, 0.5) is 10.1 Å². The highest BCUT2D eigenvalue weighted by molar-refractivity contribution is 5.93. The molecule has 1 atom stereocenters. The minimum Gasteiger partial charge on any atom is -0.323 e. The number of hydrogen-bond acceptors (Lipinski definition) is 2. The van der Waals surface area contributed by atoms with Gasteiger partial charge in [-0.15, -0.1) is 0 Å². The largest absolute Gasteiger partial charge is 0.323 e. The number of nitrogens with one attached hydrogen (secondary N) is 1. The number of benzene rings is 3. The summed E-state index contributed by atoms with van der Waals surface area (Å²) in [5.74, 6) is -0.606. The average Bonchev–Trinajstić information content (AvgIpc) is 2.70. The van der Waals surface area contributed by atoms with Gasteiger partial charge >= 0.3 is 0 Å². The molecular weight excluding hydrogens is 339 g/mol. The third-order valence-electron chi connectivity index (χ3n) is 5.28. The number of likely N-dealkylation sites (tertiary alicyclic amines) is 1. The number of rotatable bonds is 4. The third kappa shape index (κ3) is 4.01. The van der Waals surface area contributed by atoms with Crippen LogP contribution in [-0.4, -0.2) is 23.9 Å². The van der Waals surface area contributed by atoms with Crippen molar-refractivity contribution in [2.75, 3.05) is 18.4 Å². The minimum absolute atomic E-state index is 0.0947. The summed E-state index contributed by atoms with van der Waals surface area (Å²) in [6.07, 6.45) is 1.81. The zero-order chi connectivity index (χ0) is 18.6. The van der Waals surface area contributed by atoms with Crippen molar-refractivity contribution < 1.29 is 9.18 Å². The van der Waals surface area contributed by atoms with Crippen LogP contribution in [0.2, 0.25) is 0 Å². The van der Waals surface area contributed by atoms with E-state index in [2.05, 4.69) is 52.7 Å². The van der Waals surface area contributed by atoms with Crippen LogP contribution in [0.15, 0.2) is 66.7 Å². The second-order valence-electron chi connectivity index (χ2n) is 7.18. The molecule has 1 heterocycles. The molecule has 3 nitrogen and oxygen atoms in total. The van der Waals surface area contributed by atoms with Gasteiger partial charge < -0.3 is 5.32 Å². The summed E-state index contributed by atoms with van der Waals surface area (Å²) < 4.78 is 13.8. The predicted octanol–water partition coefficient (Wildman–Crippen LogP) is 4.83. The van der Waals surface area contributed by atoms with Gasteiger partial charge in [-0.2, -0.15) is 0 Å². The molecule has 0 aliphatic carbocycles. The summed E-state index contributed by atoms with van der Waals surface area (Å²) in [7, 11) is 0. The Labute approximate surface area is 158 Å². The Kier molecular flexibility index (Phi) is 5.16. The molecule has 1 unspecified atom stereocenters. The predicted molar refractivity (Wildman–Crippen MR) is 107 cm³/mol. The quantitative estimate of drug-likeness (QED) is 0.721. The summed E-state index contributed by atoms with van der Waals surface area (Å²) in [6.45, 7) is 2.50. The van der Waals surface area contributed by atoms with Crippen LogP contribution in [0.3, 0.4) is 0 Å². The van der Waals surface area contributed by atoms with Gasteiger partial charge in [0.15, 0.2) is 0 Å². The van der Waals surface area contributed by atoms with Crippen LogP contribution in [-0.2, 0) is 11.3 Å². The van der Waals surface area contributed by atoms with Gasteiger partial charge in [0.25, 0.3) is 0 Å². The van der Waals surface area contributed by atoms with Gasteiger partial charge in [0.2, 0.25) is 5.91 Å². The Morgan fingerprint density at radius 1 is 1.04 bits per heavy atom. The lowest BCUT2D eigenvalue weighted by Crippen LogP contribution is -2.40. The first-order chi connectivity index (χ1) is 13.2. The topological polar surface area (TPSA) is 32.3 Å². The highest BCUT2D eigenvalue weighted by Crippen LogP contribution is 2.24. The van der Waals surface area contributed by atoms with E-state index >= 15 is 0 Å². The van der Waals surface area contributed by atoms with Crippen LogP contribution in [0.1, 0.15) is 18.4 Å². The van der Waals surface area contributed by atoms with Crippen LogP contribution in [0.5, 0.6) is 0 Å². The Morgan fingerprint density at radius 2 is 1.81 bits per heavy atom. The number of anilines is 1. The maximum Gasteiger partial charge on any atom is 0.228 e. The van der Waals surface area contributed by atoms with Gasteiger partial charge in [0.05, 0.1) is 11.6 Å². The lowest BCUT2D eigenvalue weighted by atomic mass is 9.96. The molecule has 0 radical (unpaired) electrons. The van der Waals surface area contributed by atoms with E-state index in [-0.39, 0.29) is 17.5 Å². The minimum atomic E-state index is -0.394. The molecule has 0 bridgehead atoms. The van der Waals surface area contributed by atoms with Crippen LogP contribution < -0.4 is 5.32 Å². The molecule has 1 aliphatic rings. The summed E-state index contributed by atoms with van der Waals surface area (Å²) in [4.78, 5) is 15.0. The highest BCUT2D eigenvalue weighted by Gasteiger charge is 2.26. The molecule has 4 rings (SSSR count). The second kappa shape index (κ2) is 7.89. The standard InChI is InChI=1S/C23H23FN2O/c24-21-12-3-4-13-22(21)25-23(27)19-10-6-14-26(16-19)15-18-9-5-8-17-7-1-2-11-20(17)18/h1-5,7-9,11-13,19H,6,10,14-16H2,(H,25,27). The smallest absolute Gasteiger partial charge is 0.228 e. The lowest BCUT2D eigenvalue weighted by Gasteiger charge is -2.32. The van der Waals surface area contributed by atoms with E-state index in [0.717, 1.165) is 25.9 Å². The van der Waals surface area contributed by atoms with Gasteiger partial charge in [0.1, 0.15) is 5.82 Å². The van der Waals surface area contributed by atoms with Crippen molar-refractivity contribution in [3.8, 4) is 0 Å². The fraction of sp³-hybridized carbons (Fsp3) is 0.261. The van der Waals surface area contributed by atoms with Gasteiger partial charge in [-0.3, -0.25) is 9.69 Å². The Morgan fingerprint density at radius 3 is 2.70 bits per heavy atom. The fourth-order valence-corrected chi connectivity index (χ4v) is 3.88. The number of nitrogens with zero attached hydrogens (tertiary/aromatic N) is 1. The summed E-state index contributed by atoms with van der Waals surface area (Å²) in [5, 5.41) is 5.25. The molecule has 0 spiro atoms. The van der Waals surface area contributed by atoms with E-state index in [1.54, 1.807) is 18.2 Å². The zero-order valence-corrected chi connectivity index (χ0v) is 15.2. The fourth-order valence-electron chi connectivity index (χ4n) is 3.88. The molecule has 138 valence electrons. The number of carbonyl (C=O) groups is 1. The molecular formula is C23H23FN2O. The molecule has 1 amide bonds. The van der Waals surface area contributed by atoms with Gasteiger partial charge in [-0.25, -0.2) is 4.39 Å². The Bertz CT molecular complexity index is 951.